The SMILES string of the molecule is CCOc1c(Br)cc([C@H]2C(C(=O)N3CCOCC3)=C(C)NC3=C2C(=O)CC(C)(C)C3)cc1OC. The molecule has 1 fully saturated rings. The molecule has 34 heavy (non-hydrogen) atoms. The Bertz CT molecular complexity index is 1070. The Hall–Kier alpha value is -2.32. The average molecular weight is 533 g/mol. The van der Waals surface area contributed by atoms with Crippen molar-refractivity contribution in [1.29, 1.82) is 0 Å². The van der Waals surface area contributed by atoms with Crippen LogP contribution >= 0.6 is 15.9 Å². The van der Waals surface area contributed by atoms with E-state index in [-0.39, 0.29) is 17.1 Å². The topological polar surface area (TPSA) is 77.1 Å². The van der Waals surface area contributed by atoms with Crippen molar-refractivity contribution in [2.45, 2.75) is 46.5 Å². The first-order valence-electron chi connectivity index (χ1n) is 11.8. The normalized spacial score (nSPS) is 22.4. The van der Waals surface area contributed by atoms with E-state index in [1.54, 1.807) is 7.11 Å². The number of nitrogens with one attached hydrogen (secondary N) is 1. The van der Waals surface area contributed by atoms with Gasteiger partial charge in [0.15, 0.2) is 17.3 Å². The minimum atomic E-state index is -0.490. The standard InChI is InChI=1S/C26H33BrN2O5/c1-6-34-24-17(27)11-16(12-20(24)32-5)22-21(25(31)29-7-9-33-10-8-29)15(2)28-18-13-26(3,4)14-19(30)23(18)22/h11-12,22,28H,6-10,13-14H2,1-5H3/t22-/m0/s1. The predicted molar refractivity (Wildman–Crippen MR) is 133 cm³/mol. The van der Waals surface area contributed by atoms with Crippen LogP contribution in [-0.2, 0) is 14.3 Å². The third-order valence-corrected chi connectivity index (χ3v) is 7.23. The van der Waals surface area contributed by atoms with E-state index in [1.807, 2.05) is 30.9 Å². The fourth-order valence-electron chi connectivity index (χ4n) is 5.18. The van der Waals surface area contributed by atoms with Gasteiger partial charge >= 0.3 is 0 Å². The first kappa shape index (κ1) is 24.8. The van der Waals surface area contributed by atoms with E-state index in [4.69, 9.17) is 14.2 Å². The number of carbonyl (C=O) groups is 2. The maximum atomic E-state index is 13.8. The van der Waals surface area contributed by atoms with E-state index in [0.717, 1.165) is 27.9 Å². The smallest absolute Gasteiger partial charge is 0.252 e. The number of halogens is 1. The molecule has 0 unspecified atom stereocenters. The van der Waals surface area contributed by atoms with E-state index in [0.29, 0.717) is 62.0 Å². The van der Waals surface area contributed by atoms with Gasteiger partial charge in [-0.05, 0) is 59.3 Å². The highest BCUT2D eigenvalue weighted by molar-refractivity contribution is 9.10. The van der Waals surface area contributed by atoms with Gasteiger partial charge < -0.3 is 24.4 Å². The van der Waals surface area contributed by atoms with Crippen LogP contribution in [0.5, 0.6) is 11.5 Å². The highest BCUT2D eigenvalue weighted by Gasteiger charge is 2.44. The zero-order valence-corrected chi connectivity index (χ0v) is 22.1. The summed E-state index contributed by atoms with van der Waals surface area (Å²) < 4.78 is 17.6. The summed E-state index contributed by atoms with van der Waals surface area (Å²) in [5.74, 6) is 0.691. The fraction of sp³-hybridized carbons (Fsp3) is 0.538. The number of nitrogens with zero attached hydrogens (tertiary/aromatic N) is 1. The first-order valence-corrected chi connectivity index (χ1v) is 12.6. The van der Waals surface area contributed by atoms with E-state index < -0.39 is 5.92 Å². The van der Waals surface area contributed by atoms with Gasteiger partial charge in [0.2, 0.25) is 0 Å². The molecule has 8 heteroatoms. The number of ether oxygens (including phenoxy) is 3. The molecule has 0 saturated carbocycles. The largest absolute Gasteiger partial charge is 0.493 e. The first-order chi connectivity index (χ1) is 16.2. The lowest BCUT2D eigenvalue weighted by Gasteiger charge is -2.41. The lowest BCUT2D eigenvalue weighted by molar-refractivity contribution is -0.131. The predicted octanol–water partition coefficient (Wildman–Crippen LogP) is 4.32. The molecular weight excluding hydrogens is 500 g/mol. The molecule has 1 atom stereocenters. The number of allylic oxidation sites excluding steroid dienone is 3. The molecular formula is C26H33BrN2O5. The van der Waals surface area contributed by atoms with Crippen molar-refractivity contribution in [2.75, 3.05) is 40.0 Å². The van der Waals surface area contributed by atoms with Gasteiger partial charge in [0.05, 0.1) is 31.4 Å². The Morgan fingerprint density at radius 3 is 2.62 bits per heavy atom. The molecule has 3 aliphatic rings. The number of hydrogen-bond acceptors (Lipinski definition) is 6. The van der Waals surface area contributed by atoms with Crippen molar-refractivity contribution in [3.8, 4) is 11.5 Å². The molecule has 0 spiro atoms. The summed E-state index contributed by atoms with van der Waals surface area (Å²) in [6, 6.07) is 3.84. The number of morpholine rings is 1. The Labute approximate surface area is 209 Å². The number of amides is 1. The number of methoxy groups -OCH3 is 1. The second kappa shape index (κ2) is 9.74. The Balaban J connectivity index is 1.88. The highest BCUT2D eigenvalue weighted by Crippen LogP contribution is 2.49. The lowest BCUT2D eigenvalue weighted by atomic mass is 9.68. The summed E-state index contributed by atoms with van der Waals surface area (Å²) in [4.78, 5) is 29.2. The van der Waals surface area contributed by atoms with Crippen molar-refractivity contribution in [2.24, 2.45) is 5.41 Å². The van der Waals surface area contributed by atoms with Crippen molar-refractivity contribution >= 4 is 27.6 Å². The van der Waals surface area contributed by atoms with Crippen LogP contribution in [0.1, 0.15) is 52.0 Å². The highest BCUT2D eigenvalue weighted by atomic mass is 79.9. The van der Waals surface area contributed by atoms with Gasteiger partial charge in [-0.1, -0.05) is 13.8 Å². The van der Waals surface area contributed by atoms with Crippen LogP contribution < -0.4 is 14.8 Å². The maximum absolute atomic E-state index is 13.8. The second-order valence-corrected chi connectivity index (χ2v) is 10.7. The van der Waals surface area contributed by atoms with Crippen LogP contribution in [0.25, 0.3) is 0 Å². The number of rotatable bonds is 5. The molecule has 0 aromatic heterocycles. The molecule has 2 heterocycles. The molecule has 2 aliphatic heterocycles. The lowest BCUT2D eigenvalue weighted by Crippen LogP contribution is -2.45. The van der Waals surface area contributed by atoms with Gasteiger partial charge in [-0.25, -0.2) is 0 Å². The summed E-state index contributed by atoms with van der Waals surface area (Å²) in [6.45, 7) is 10.6. The number of dihydropyridines is 1. The van der Waals surface area contributed by atoms with Gasteiger partial charge in [0.1, 0.15) is 0 Å². The summed E-state index contributed by atoms with van der Waals surface area (Å²) in [7, 11) is 1.59. The molecule has 1 aromatic carbocycles. The molecule has 1 N–H and O–H groups in total. The van der Waals surface area contributed by atoms with Crippen molar-refractivity contribution in [3.05, 3.63) is 44.7 Å². The molecule has 1 aromatic rings. The van der Waals surface area contributed by atoms with Gasteiger partial charge in [-0.15, -0.1) is 0 Å². The van der Waals surface area contributed by atoms with Gasteiger partial charge in [0.25, 0.3) is 5.91 Å². The number of Topliss-reactive ketones (excluding diaryl/α,β-unsaturated/α-hetero) is 1. The van der Waals surface area contributed by atoms with E-state index in [1.165, 1.54) is 0 Å². The molecule has 4 rings (SSSR count). The third-order valence-electron chi connectivity index (χ3n) is 6.64. The molecule has 1 amide bonds. The van der Waals surface area contributed by atoms with E-state index in [9.17, 15) is 9.59 Å². The van der Waals surface area contributed by atoms with E-state index >= 15 is 0 Å². The van der Waals surface area contributed by atoms with Crippen molar-refractivity contribution in [3.63, 3.8) is 0 Å². The van der Waals surface area contributed by atoms with Crippen LogP contribution in [0.4, 0.5) is 0 Å². The van der Waals surface area contributed by atoms with Crippen LogP contribution in [0.3, 0.4) is 0 Å². The maximum Gasteiger partial charge on any atom is 0.252 e. The number of benzene rings is 1. The van der Waals surface area contributed by atoms with Gasteiger partial charge in [0, 0.05) is 48.0 Å². The van der Waals surface area contributed by atoms with Gasteiger partial charge in [-0.2, -0.15) is 0 Å². The Morgan fingerprint density at radius 2 is 1.97 bits per heavy atom. The van der Waals surface area contributed by atoms with E-state index in [2.05, 4.69) is 35.1 Å². The monoisotopic (exact) mass is 532 g/mol. The minimum Gasteiger partial charge on any atom is -0.493 e. The molecule has 7 nitrogen and oxygen atoms in total. The van der Waals surface area contributed by atoms with Crippen LogP contribution in [0.2, 0.25) is 0 Å². The summed E-state index contributed by atoms with van der Waals surface area (Å²) in [6.07, 6.45) is 1.19. The summed E-state index contributed by atoms with van der Waals surface area (Å²) >= 11 is 3.63. The number of ketones is 1. The zero-order chi connectivity index (χ0) is 24.6. The number of hydrogen-bond donors (Lipinski definition) is 1. The van der Waals surface area contributed by atoms with Crippen LogP contribution in [0, 0.1) is 5.41 Å². The molecule has 0 bridgehead atoms. The molecule has 1 aliphatic carbocycles. The zero-order valence-electron chi connectivity index (χ0n) is 20.5. The van der Waals surface area contributed by atoms with Crippen molar-refractivity contribution in [1.82, 2.24) is 10.2 Å². The molecule has 1 saturated heterocycles. The van der Waals surface area contributed by atoms with Crippen molar-refractivity contribution < 1.29 is 23.8 Å². The number of carbonyl (C=O) groups excluding carboxylic acids is 2. The third kappa shape index (κ3) is 4.62. The summed E-state index contributed by atoms with van der Waals surface area (Å²) in [5, 5.41) is 3.44. The second-order valence-electron chi connectivity index (χ2n) is 9.80. The summed E-state index contributed by atoms with van der Waals surface area (Å²) in [5.41, 5.74) is 3.66. The van der Waals surface area contributed by atoms with Gasteiger partial charge in [-0.3, -0.25) is 9.59 Å². The minimum absolute atomic E-state index is 0.0635. The Kier molecular flexibility index (Phi) is 7.10. The quantitative estimate of drug-likeness (QED) is 0.608. The molecule has 0 radical (unpaired) electrons. The Morgan fingerprint density at radius 1 is 1.26 bits per heavy atom. The van der Waals surface area contributed by atoms with Crippen LogP contribution in [0.15, 0.2) is 39.1 Å². The fourth-order valence-corrected chi connectivity index (χ4v) is 5.75. The van der Waals surface area contributed by atoms with Crippen LogP contribution in [-0.4, -0.2) is 56.6 Å². The molecule has 184 valence electrons. The average Bonchev–Trinajstić information content (AvgIpc) is 2.78.